The van der Waals surface area contributed by atoms with Crippen molar-refractivity contribution < 1.29 is 14.3 Å². The van der Waals surface area contributed by atoms with E-state index in [0.29, 0.717) is 32.8 Å². The summed E-state index contributed by atoms with van der Waals surface area (Å²) >= 11 is 0. The zero-order valence-electron chi connectivity index (χ0n) is 17.8. The molecular formula is C23H30N4O3. The predicted molar refractivity (Wildman–Crippen MR) is 114 cm³/mol. The van der Waals surface area contributed by atoms with Crippen LogP contribution in [-0.2, 0) is 22.4 Å². The fraction of sp³-hybridized carbons (Fsp3) is 0.522. The van der Waals surface area contributed by atoms with Gasteiger partial charge in [0.25, 0.3) is 5.91 Å². The number of nitriles is 1. The molecular weight excluding hydrogens is 380 g/mol. The first-order valence-electron chi connectivity index (χ1n) is 10.7. The Balaban J connectivity index is 1.58. The van der Waals surface area contributed by atoms with Crippen LogP contribution in [0.15, 0.2) is 30.0 Å². The summed E-state index contributed by atoms with van der Waals surface area (Å²) in [6, 6.07) is 8.25. The number of nitrogens with one attached hydrogen (secondary N) is 1. The summed E-state index contributed by atoms with van der Waals surface area (Å²) in [5, 5.41) is 12.4. The van der Waals surface area contributed by atoms with Crippen molar-refractivity contribution in [3.8, 4) is 6.07 Å². The minimum Gasteiger partial charge on any atom is -0.450 e. The van der Waals surface area contributed by atoms with Gasteiger partial charge in [0.2, 0.25) is 0 Å². The zero-order chi connectivity index (χ0) is 21.5. The summed E-state index contributed by atoms with van der Waals surface area (Å²) in [6.07, 6.45) is 5.94. The normalized spacial score (nSPS) is 17.6. The molecule has 0 aromatic heterocycles. The van der Waals surface area contributed by atoms with Crippen molar-refractivity contribution >= 4 is 12.0 Å². The molecule has 1 saturated heterocycles. The largest absolute Gasteiger partial charge is 0.450 e. The Hall–Kier alpha value is -3.01. The van der Waals surface area contributed by atoms with Gasteiger partial charge >= 0.3 is 6.09 Å². The van der Waals surface area contributed by atoms with E-state index in [1.807, 2.05) is 17.9 Å². The number of nitrogens with zero attached hydrogens (tertiary/aromatic N) is 3. The number of ether oxygens (including phenoxy) is 1. The van der Waals surface area contributed by atoms with Gasteiger partial charge in [0.1, 0.15) is 11.6 Å². The molecule has 2 amide bonds. The number of fused-ring (bicyclic) bond motifs is 1. The molecule has 1 unspecified atom stereocenters. The summed E-state index contributed by atoms with van der Waals surface area (Å²) in [5.41, 5.74) is 3.91. The number of rotatable bonds is 5. The molecule has 1 aliphatic carbocycles. The first-order chi connectivity index (χ1) is 14.5. The topological polar surface area (TPSA) is 85.7 Å². The first-order valence-corrected chi connectivity index (χ1v) is 10.7. The van der Waals surface area contributed by atoms with Crippen molar-refractivity contribution in [1.29, 1.82) is 5.26 Å². The van der Waals surface area contributed by atoms with Crippen molar-refractivity contribution in [2.45, 2.75) is 45.6 Å². The van der Waals surface area contributed by atoms with Gasteiger partial charge in [-0.25, -0.2) is 4.79 Å². The number of carbonyl (C=O) groups excluding carboxylic acids is 2. The minimum absolute atomic E-state index is 0.0735. The van der Waals surface area contributed by atoms with Crippen LogP contribution in [0.25, 0.3) is 0 Å². The van der Waals surface area contributed by atoms with Gasteiger partial charge in [-0.3, -0.25) is 4.79 Å². The Bertz CT molecular complexity index is 850. The van der Waals surface area contributed by atoms with Gasteiger partial charge in [0.05, 0.1) is 12.6 Å². The summed E-state index contributed by atoms with van der Waals surface area (Å²) in [6.45, 7) is 6.17. The van der Waals surface area contributed by atoms with E-state index in [9.17, 15) is 14.9 Å². The van der Waals surface area contributed by atoms with Gasteiger partial charge < -0.3 is 19.9 Å². The van der Waals surface area contributed by atoms with Gasteiger partial charge in [-0.15, -0.1) is 0 Å². The highest BCUT2D eigenvalue weighted by Gasteiger charge is 2.22. The van der Waals surface area contributed by atoms with Crippen molar-refractivity contribution in [3.05, 3.63) is 46.7 Å². The van der Waals surface area contributed by atoms with Crippen LogP contribution in [-0.4, -0.2) is 54.6 Å². The molecule has 30 heavy (non-hydrogen) atoms. The van der Waals surface area contributed by atoms with E-state index >= 15 is 0 Å². The molecule has 3 rings (SSSR count). The molecule has 7 heteroatoms. The Morgan fingerprint density at radius 1 is 1.20 bits per heavy atom. The quantitative estimate of drug-likeness (QED) is 0.596. The van der Waals surface area contributed by atoms with Crippen LogP contribution >= 0.6 is 0 Å². The summed E-state index contributed by atoms with van der Waals surface area (Å²) in [7, 11) is 0. The summed E-state index contributed by atoms with van der Waals surface area (Å²) in [4.78, 5) is 28.0. The molecule has 7 nitrogen and oxygen atoms in total. The second-order valence-electron chi connectivity index (χ2n) is 7.81. The average Bonchev–Trinajstić information content (AvgIpc) is 2.77. The number of amides is 2. The molecule has 0 saturated carbocycles. The number of carbonyl (C=O) groups is 2. The number of aryl methyl sites for hydroxylation is 2. The molecule has 1 aliphatic heterocycles. The molecule has 2 aliphatic rings. The van der Waals surface area contributed by atoms with Crippen molar-refractivity contribution in [3.63, 3.8) is 0 Å². The predicted octanol–water partition coefficient (Wildman–Crippen LogP) is 2.92. The van der Waals surface area contributed by atoms with Gasteiger partial charge in [0, 0.05) is 32.4 Å². The van der Waals surface area contributed by atoms with Crippen molar-refractivity contribution in [2.24, 2.45) is 0 Å². The van der Waals surface area contributed by atoms with E-state index in [1.165, 1.54) is 24.0 Å². The Kier molecular flexibility index (Phi) is 7.34. The maximum absolute atomic E-state index is 12.7. The monoisotopic (exact) mass is 410 g/mol. The maximum Gasteiger partial charge on any atom is 0.409 e. The molecule has 0 spiro atoms. The molecule has 1 aromatic carbocycles. The smallest absolute Gasteiger partial charge is 0.409 e. The summed E-state index contributed by atoms with van der Waals surface area (Å²) in [5.74, 6) is -0.379. The van der Waals surface area contributed by atoms with E-state index in [-0.39, 0.29) is 23.6 Å². The maximum atomic E-state index is 12.7. The summed E-state index contributed by atoms with van der Waals surface area (Å²) < 4.78 is 5.01. The van der Waals surface area contributed by atoms with E-state index in [2.05, 4.69) is 23.5 Å². The highest BCUT2D eigenvalue weighted by molar-refractivity contribution is 5.97. The Labute approximate surface area is 178 Å². The third-order valence-electron chi connectivity index (χ3n) is 5.74. The van der Waals surface area contributed by atoms with E-state index in [0.717, 1.165) is 18.4 Å². The molecule has 0 bridgehead atoms. The zero-order valence-corrected chi connectivity index (χ0v) is 17.8. The highest BCUT2D eigenvalue weighted by Crippen LogP contribution is 2.25. The lowest BCUT2D eigenvalue weighted by atomic mass is 9.89. The molecule has 0 radical (unpaired) electrons. The Morgan fingerprint density at radius 3 is 2.57 bits per heavy atom. The van der Waals surface area contributed by atoms with Crippen LogP contribution in [0.3, 0.4) is 0 Å². The number of piperazine rings is 1. The average molecular weight is 411 g/mol. The molecule has 1 aromatic rings. The van der Waals surface area contributed by atoms with E-state index in [4.69, 9.17) is 4.74 Å². The van der Waals surface area contributed by atoms with Gasteiger partial charge in [-0.1, -0.05) is 18.2 Å². The third-order valence-corrected chi connectivity index (χ3v) is 5.74. The third kappa shape index (κ3) is 5.32. The minimum atomic E-state index is -0.379. The van der Waals surface area contributed by atoms with Crippen LogP contribution in [0, 0.1) is 11.3 Å². The van der Waals surface area contributed by atoms with Crippen LogP contribution in [0.1, 0.15) is 49.4 Å². The Morgan fingerprint density at radius 2 is 1.90 bits per heavy atom. The van der Waals surface area contributed by atoms with Gasteiger partial charge in [0.15, 0.2) is 0 Å². The van der Waals surface area contributed by atoms with E-state index in [1.54, 1.807) is 18.0 Å². The van der Waals surface area contributed by atoms with Crippen LogP contribution in [0.5, 0.6) is 0 Å². The lowest BCUT2D eigenvalue weighted by Crippen LogP contribution is -2.47. The number of hydrogen-bond donors (Lipinski definition) is 1. The van der Waals surface area contributed by atoms with Crippen LogP contribution in [0.4, 0.5) is 4.79 Å². The SMILES string of the molecule is CCOC(=O)N1CCN(/C=C(/C#N)C(=O)NC(C)c2ccc3c(c2)CCCC3)CC1. The number of benzene rings is 1. The van der Waals surface area contributed by atoms with Gasteiger partial charge in [-0.2, -0.15) is 5.26 Å². The number of hydrogen-bond acceptors (Lipinski definition) is 5. The van der Waals surface area contributed by atoms with E-state index < -0.39 is 0 Å². The van der Waals surface area contributed by atoms with Crippen LogP contribution < -0.4 is 5.32 Å². The molecule has 1 N–H and O–H groups in total. The fourth-order valence-electron chi connectivity index (χ4n) is 3.95. The van der Waals surface area contributed by atoms with Gasteiger partial charge in [-0.05, 0) is 56.2 Å². The van der Waals surface area contributed by atoms with Crippen molar-refractivity contribution in [1.82, 2.24) is 15.1 Å². The molecule has 1 fully saturated rings. The highest BCUT2D eigenvalue weighted by atomic mass is 16.6. The second-order valence-corrected chi connectivity index (χ2v) is 7.81. The fourth-order valence-corrected chi connectivity index (χ4v) is 3.95. The van der Waals surface area contributed by atoms with Crippen molar-refractivity contribution in [2.75, 3.05) is 32.8 Å². The molecule has 1 heterocycles. The lowest BCUT2D eigenvalue weighted by molar-refractivity contribution is -0.117. The van der Waals surface area contributed by atoms with Crippen LogP contribution in [0.2, 0.25) is 0 Å². The first kappa shape index (κ1) is 21.7. The molecule has 1 atom stereocenters. The molecule has 160 valence electrons. The lowest BCUT2D eigenvalue weighted by Gasteiger charge is -2.33. The standard InChI is InChI=1S/C23H30N4O3/c1-3-30-23(29)27-12-10-26(11-13-27)16-21(15-24)22(28)25-17(2)19-9-8-18-6-4-5-7-20(18)14-19/h8-9,14,16-17H,3-7,10-13H2,1-2H3,(H,25,28)/b21-16-. The second kappa shape index (κ2) is 10.1.